The first-order valence-corrected chi connectivity index (χ1v) is 9.50. The van der Waals surface area contributed by atoms with Crippen LogP contribution >= 0.6 is 0 Å². The first-order chi connectivity index (χ1) is 10.8. The molecule has 1 aromatic carbocycles. The zero-order valence-electron chi connectivity index (χ0n) is 13.3. The number of carbonyl (C=O) groups excluding carboxylic acids is 1. The Kier molecular flexibility index (Phi) is 4.16. The number of hydrogen-bond acceptors (Lipinski definition) is 3. The van der Waals surface area contributed by atoms with E-state index in [4.69, 9.17) is 0 Å². The second-order valence-corrected chi connectivity index (χ2v) is 8.13. The molecule has 1 amide bonds. The lowest BCUT2D eigenvalue weighted by Crippen LogP contribution is -2.43. The van der Waals surface area contributed by atoms with Crippen molar-refractivity contribution in [3.05, 3.63) is 30.5 Å². The molecule has 0 bridgehead atoms. The van der Waals surface area contributed by atoms with Gasteiger partial charge in [-0.05, 0) is 36.4 Å². The summed E-state index contributed by atoms with van der Waals surface area (Å²) in [5.41, 5.74) is 1.78. The maximum atomic E-state index is 12.5. The predicted molar refractivity (Wildman–Crippen MR) is 90.7 cm³/mol. The van der Waals surface area contributed by atoms with Crippen LogP contribution in [-0.4, -0.2) is 42.5 Å². The number of amides is 1. The van der Waals surface area contributed by atoms with Crippen LogP contribution in [-0.2, 0) is 21.9 Å². The van der Waals surface area contributed by atoms with Gasteiger partial charge >= 0.3 is 0 Å². The number of aryl methyl sites for hydroxylation is 1. The van der Waals surface area contributed by atoms with Crippen molar-refractivity contribution >= 4 is 32.5 Å². The number of sulfonamides is 1. The van der Waals surface area contributed by atoms with Gasteiger partial charge in [-0.25, -0.2) is 12.7 Å². The summed E-state index contributed by atoms with van der Waals surface area (Å²) in [6, 6.07) is 7.79. The number of hydrogen-bond donors (Lipinski definition) is 1. The van der Waals surface area contributed by atoms with Gasteiger partial charge in [0.25, 0.3) is 0 Å². The first-order valence-electron chi connectivity index (χ1n) is 7.65. The van der Waals surface area contributed by atoms with Gasteiger partial charge < -0.3 is 9.88 Å². The van der Waals surface area contributed by atoms with Gasteiger partial charge in [-0.3, -0.25) is 4.79 Å². The summed E-state index contributed by atoms with van der Waals surface area (Å²) in [5, 5.41) is 4.04. The Hall–Kier alpha value is -1.86. The molecule has 2 aromatic rings. The van der Waals surface area contributed by atoms with Crippen LogP contribution in [0.1, 0.15) is 12.8 Å². The minimum atomic E-state index is -3.24. The minimum Gasteiger partial charge on any atom is -0.350 e. The number of nitrogens with one attached hydrogen (secondary N) is 1. The van der Waals surface area contributed by atoms with Gasteiger partial charge in [-0.15, -0.1) is 0 Å². The molecule has 124 valence electrons. The van der Waals surface area contributed by atoms with E-state index in [-0.39, 0.29) is 18.4 Å². The smallest absolute Gasteiger partial charge is 0.228 e. The highest BCUT2D eigenvalue weighted by molar-refractivity contribution is 7.88. The fourth-order valence-corrected chi connectivity index (χ4v) is 3.95. The fraction of sp³-hybridized carbons (Fsp3) is 0.438. The molecule has 1 atom stereocenters. The van der Waals surface area contributed by atoms with E-state index >= 15 is 0 Å². The number of benzene rings is 1. The van der Waals surface area contributed by atoms with E-state index in [0.29, 0.717) is 19.4 Å². The Balaban J connectivity index is 1.73. The Morgan fingerprint density at radius 1 is 1.30 bits per heavy atom. The molecular formula is C16H21N3O3S. The van der Waals surface area contributed by atoms with Gasteiger partial charge in [0.2, 0.25) is 15.9 Å². The van der Waals surface area contributed by atoms with Crippen LogP contribution < -0.4 is 5.32 Å². The molecule has 23 heavy (non-hydrogen) atoms. The average molecular weight is 335 g/mol. The number of anilines is 1. The van der Waals surface area contributed by atoms with Crippen LogP contribution in [0.2, 0.25) is 0 Å². The third-order valence-electron chi connectivity index (χ3n) is 4.38. The van der Waals surface area contributed by atoms with Gasteiger partial charge in [-0.2, -0.15) is 0 Å². The number of piperidine rings is 1. The summed E-state index contributed by atoms with van der Waals surface area (Å²) >= 11 is 0. The zero-order valence-corrected chi connectivity index (χ0v) is 14.1. The van der Waals surface area contributed by atoms with E-state index in [1.807, 2.05) is 42.1 Å². The van der Waals surface area contributed by atoms with Crippen LogP contribution in [0.25, 0.3) is 10.9 Å². The highest BCUT2D eigenvalue weighted by Gasteiger charge is 2.30. The van der Waals surface area contributed by atoms with Gasteiger partial charge in [-0.1, -0.05) is 6.07 Å². The van der Waals surface area contributed by atoms with Crippen LogP contribution in [0, 0.1) is 5.92 Å². The SMILES string of the molecule is Cn1ccc2ccc(NC(=O)[C@H]3CCCN(S(C)(=O)=O)C3)cc21. The lowest BCUT2D eigenvalue weighted by molar-refractivity contribution is -0.120. The fourth-order valence-electron chi connectivity index (χ4n) is 3.04. The first kappa shape index (κ1) is 16.0. The number of aromatic nitrogens is 1. The second-order valence-electron chi connectivity index (χ2n) is 6.15. The normalized spacial score (nSPS) is 19.8. The summed E-state index contributed by atoms with van der Waals surface area (Å²) in [6.45, 7) is 0.759. The number of rotatable bonds is 3. The number of fused-ring (bicyclic) bond motifs is 1. The standard InChI is InChI=1S/C16H21N3O3S/c1-18-9-7-12-5-6-14(10-15(12)18)17-16(20)13-4-3-8-19(11-13)23(2,21)22/h5-7,9-10,13H,3-4,8,11H2,1-2H3,(H,17,20)/t13-/m0/s1. The largest absolute Gasteiger partial charge is 0.350 e. The third-order valence-corrected chi connectivity index (χ3v) is 5.65. The van der Waals surface area contributed by atoms with Gasteiger partial charge in [0.05, 0.1) is 12.2 Å². The maximum absolute atomic E-state index is 12.5. The van der Waals surface area contributed by atoms with Crippen molar-refractivity contribution in [1.29, 1.82) is 0 Å². The molecule has 1 aliphatic heterocycles. The monoisotopic (exact) mass is 335 g/mol. The predicted octanol–water partition coefficient (Wildman–Crippen LogP) is 1.79. The van der Waals surface area contributed by atoms with E-state index in [0.717, 1.165) is 16.6 Å². The molecule has 1 saturated heterocycles. The molecule has 3 rings (SSSR count). The van der Waals surface area contributed by atoms with Crippen molar-refractivity contribution in [3.63, 3.8) is 0 Å². The Labute approximate surface area is 136 Å². The van der Waals surface area contributed by atoms with E-state index in [1.54, 1.807) is 0 Å². The van der Waals surface area contributed by atoms with Crippen LogP contribution in [0.3, 0.4) is 0 Å². The lowest BCUT2D eigenvalue weighted by atomic mass is 9.98. The molecule has 1 aromatic heterocycles. The van der Waals surface area contributed by atoms with Crippen molar-refractivity contribution in [3.8, 4) is 0 Å². The van der Waals surface area contributed by atoms with E-state index in [9.17, 15) is 13.2 Å². The van der Waals surface area contributed by atoms with E-state index in [2.05, 4.69) is 5.32 Å². The summed E-state index contributed by atoms with van der Waals surface area (Å²) in [5.74, 6) is -0.422. The van der Waals surface area contributed by atoms with Gasteiger partial charge in [0.15, 0.2) is 0 Å². The quantitative estimate of drug-likeness (QED) is 0.929. The van der Waals surface area contributed by atoms with Crippen molar-refractivity contribution in [1.82, 2.24) is 8.87 Å². The molecule has 2 heterocycles. The van der Waals surface area contributed by atoms with Crippen molar-refractivity contribution < 1.29 is 13.2 Å². The molecular weight excluding hydrogens is 314 g/mol. The molecule has 0 spiro atoms. The Morgan fingerprint density at radius 3 is 2.83 bits per heavy atom. The Bertz CT molecular complexity index is 841. The molecule has 1 aliphatic rings. The highest BCUT2D eigenvalue weighted by atomic mass is 32.2. The molecule has 6 nitrogen and oxygen atoms in total. The molecule has 1 fully saturated rings. The van der Waals surface area contributed by atoms with Gasteiger partial charge in [0, 0.05) is 37.5 Å². The zero-order chi connectivity index (χ0) is 16.6. The topological polar surface area (TPSA) is 71.4 Å². The summed E-state index contributed by atoms with van der Waals surface area (Å²) < 4.78 is 26.7. The van der Waals surface area contributed by atoms with Gasteiger partial charge in [0.1, 0.15) is 0 Å². The molecule has 0 unspecified atom stereocenters. The number of carbonyl (C=O) groups is 1. The maximum Gasteiger partial charge on any atom is 0.228 e. The summed E-state index contributed by atoms with van der Waals surface area (Å²) in [6.07, 6.45) is 4.59. The van der Waals surface area contributed by atoms with Crippen molar-refractivity contribution in [2.24, 2.45) is 13.0 Å². The second kappa shape index (κ2) is 5.98. The molecule has 0 radical (unpaired) electrons. The summed E-state index contributed by atoms with van der Waals surface area (Å²) in [4.78, 5) is 12.5. The average Bonchev–Trinajstić information content (AvgIpc) is 2.88. The molecule has 0 saturated carbocycles. The highest BCUT2D eigenvalue weighted by Crippen LogP contribution is 2.23. The van der Waals surface area contributed by atoms with Crippen LogP contribution in [0.15, 0.2) is 30.5 Å². The van der Waals surface area contributed by atoms with E-state index < -0.39 is 10.0 Å². The summed E-state index contributed by atoms with van der Waals surface area (Å²) in [7, 11) is -1.28. The van der Waals surface area contributed by atoms with Crippen molar-refractivity contribution in [2.45, 2.75) is 12.8 Å². The minimum absolute atomic E-state index is 0.119. The van der Waals surface area contributed by atoms with Crippen LogP contribution in [0.5, 0.6) is 0 Å². The van der Waals surface area contributed by atoms with Crippen molar-refractivity contribution in [2.75, 3.05) is 24.7 Å². The molecule has 7 heteroatoms. The lowest BCUT2D eigenvalue weighted by Gasteiger charge is -2.30. The molecule has 1 N–H and O–H groups in total. The van der Waals surface area contributed by atoms with Crippen LogP contribution in [0.4, 0.5) is 5.69 Å². The third kappa shape index (κ3) is 3.40. The number of nitrogens with zero attached hydrogens (tertiary/aromatic N) is 2. The van der Waals surface area contributed by atoms with E-state index in [1.165, 1.54) is 10.6 Å². The Morgan fingerprint density at radius 2 is 2.09 bits per heavy atom. The molecule has 0 aliphatic carbocycles.